The van der Waals surface area contributed by atoms with Crippen molar-refractivity contribution in [2.45, 2.75) is 32.8 Å². The van der Waals surface area contributed by atoms with E-state index in [4.69, 9.17) is 6.42 Å². The molecule has 0 spiro atoms. The van der Waals surface area contributed by atoms with Crippen LogP contribution in [0.3, 0.4) is 0 Å². The predicted octanol–water partition coefficient (Wildman–Crippen LogP) is 3.81. The molecule has 1 amide bonds. The summed E-state index contributed by atoms with van der Waals surface area (Å²) in [7, 11) is 0. The number of Topliss-reactive ketones (excluding diaryl/α,β-unsaturated/α-hetero) is 1. The summed E-state index contributed by atoms with van der Waals surface area (Å²) in [5, 5.41) is 11.3. The van der Waals surface area contributed by atoms with Gasteiger partial charge in [0.05, 0.1) is 18.7 Å². The Morgan fingerprint density at radius 2 is 1.85 bits per heavy atom. The van der Waals surface area contributed by atoms with Crippen LogP contribution in [-0.2, 0) is 10.4 Å². The van der Waals surface area contributed by atoms with Crippen molar-refractivity contribution in [3.05, 3.63) is 62.6 Å². The van der Waals surface area contributed by atoms with E-state index >= 15 is 0 Å². The van der Waals surface area contributed by atoms with Gasteiger partial charge in [0.15, 0.2) is 11.4 Å². The van der Waals surface area contributed by atoms with Crippen LogP contribution in [0.15, 0.2) is 34.8 Å². The lowest BCUT2D eigenvalue weighted by molar-refractivity contribution is -0.135. The fourth-order valence-electron chi connectivity index (χ4n) is 3.53. The third-order valence-electron chi connectivity index (χ3n) is 5.10. The van der Waals surface area contributed by atoms with Crippen LogP contribution in [0.1, 0.15) is 39.0 Å². The van der Waals surface area contributed by atoms with Gasteiger partial charge < -0.3 is 5.11 Å². The number of carbonyl (C=O) groups is 2. The monoisotopic (exact) mass is 425 g/mol. The van der Waals surface area contributed by atoms with Crippen LogP contribution in [0.4, 0.5) is 5.69 Å². The van der Waals surface area contributed by atoms with Crippen LogP contribution in [0.5, 0.6) is 0 Å². The minimum Gasteiger partial charge on any atom is -0.375 e. The summed E-state index contributed by atoms with van der Waals surface area (Å²) in [5.41, 5.74) is 2.43. The van der Waals surface area contributed by atoms with Gasteiger partial charge in [-0.3, -0.25) is 14.5 Å². The predicted molar refractivity (Wildman–Crippen MR) is 109 cm³/mol. The molecule has 5 heteroatoms. The fourth-order valence-corrected chi connectivity index (χ4v) is 3.89. The number of amides is 1. The normalized spacial score (nSPS) is 18.4. The van der Waals surface area contributed by atoms with E-state index in [-0.39, 0.29) is 18.7 Å². The minimum absolute atomic E-state index is 0.0344. The molecule has 1 N–H and O–H groups in total. The van der Waals surface area contributed by atoms with Crippen molar-refractivity contribution in [2.75, 3.05) is 11.4 Å². The van der Waals surface area contributed by atoms with Gasteiger partial charge in [-0.2, -0.15) is 0 Å². The molecule has 0 unspecified atom stereocenters. The highest BCUT2D eigenvalue weighted by molar-refractivity contribution is 9.10. The number of hydrogen-bond acceptors (Lipinski definition) is 3. The van der Waals surface area contributed by atoms with Gasteiger partial charge in [-0.1, -0.05) is 27.9 Å². The zero-order valence-corrected chi connectivity index (χ0v) is 17.1. The Morgan fingerprint density at radius 3 is 2.52 bits per heavy atom. The van der Waals surface area contributed by atoms with E-state index < -0.39 is 11.5 Å². The average molecular weight is 426 g/mol. The number of terminal acetylenes is 1. The van der Waals surface area contributed by atoms with Crippen molar-refractivity contribution in [1.29, 1.82) is 0 Å². The molecule has 0 aliphatic carbocycles. The first-order valence-corrected chi connectivity index (χ1v) is 9.37. The highest BCUT2D eigenvalue weighted by Crippen LogP contribution is 2.44. The molecule has 1 aliphatic heterocycles. The molecule has 1 aliphatic rings. The molecule has 1 atom stereocenters. The van der Waals surface area contributed by atoms with E-state index in [2.05, 4.69) is 21.9 Å². The largest absolute Gasteiger partial charge is 0.375 e. The van der Waals surface area contributed by atoms with Gasteiger partial charge >= 0.3 is 0 Å². The SMILES string of the molecule is C#CCN1C(=O)[C@](O)(CC(=O)c2cc(C)c(C)cc2C)c2cc(Br)ccc21. The number of rotatable bonds is 4. The van der Waals surface area contributed by atoms with E-state index in [1.807, 2.05) is 32.9 Å². The number of aliphatic hydroxyl groups is 1. The number of anilines is 1. The second-order valence-electron chi connectivity index (χ2n) is 6.97. The summed E-state index contributed by atoms with van der Waals surface area (Å²) in [6, 6.07) is 8.93. The maximum atomic E-state index is 13.0. The second-order valence-corrected chi connectivity index (χ2v) is 7.88. The molecule has 1 heterocycles. The summed E-state index contributed by atoms with van der Waals surface area (Å²) >= 11 is 3.37. The van der Waals surface area contributed by atoms with Crippen LogP contribution >= 0.6 is 15.9 Å². The fraction of sp³-hybridized carbons (Fsp3) is 0.273. The first kappa shape index (κ1) is 19.3. The lowest BCUT2D eigenvalue weighted by Gasteiger charge is -2.22. The van der Waals surface area contributed by atoms with Crippen molar-refractivity contribution in [3.8, 4) is 12.3 Å². The third-order valence-corrected chi connectivity index (χ3v) is 5.59. The van der Waals surface area contributed by atoms with E-state index in [9.17, 15) is 14.7 Å². The third kappa shape index (κ3) is 3.20. The molecule has 2 aromatic carbocycles. The molecule has 3 rings (SSSR count). The lowest BCUT2D eigenvalue weighted by Crippen LogP contribution is -2.42. The molecule has 0 bridgehead atoms. The van der Waals surface area contributed by atoms with Gasteiger partial charge in [-0.25, -0.2) is 0 Å². The molecule has 0 saturated heterocycles. The maximum Gasteiger partial charge on any atom is 0.265 e. The molecule has 0 fully saturated rings. The zero-order chi connectivity index (χ0) is 19.9. The van der Waals surface area contributed by atoms with Gasteiger partial charge in [0.2, 0.25) is 0 Å². The number of ketones is 1. The Labute approximate surface area is 167 Å². The Balaban J connectivity index is 2.05. The van der Waals surface area contributed by atoms with Crippen molar-refractivity contribution in [1.82, 2.24) is 0 Å². The Kier molecular flexibility index (Phi) is 4.98. The van der Waals surface area contributed by atoms with Gasteiger partial charge in [-0.05, 0) is 61.7 Å². The number of halogens is 1. The number of nitrogens with zero attached hydrogens (tertiary/aromatic N) is 1. The summed E-state index contributed by atoms with van der Waals surface area (Å²) in [6.07, 6.45) is 5.05. The Hall–Kier alpha value is -2.42. The number of hydrogen-bond donors (Lipinski definition) is 1. The lowest BCUT2D eigenvalue weighted by atomic mass is 9.86. The highest BCUT2D eigenvalue weighted by Gasteiger charge is 2.51. The van der Waals surface area contributed by atoms with Crippen molar-refractivity contribution in [3.63, 3.8) is 0 Å². The highest BCUT2D eigenvalue weighted by atomic mass is 79.9. The molecular weight excluding hydrogens is 406 g/mol. The Morgan fingerprint density at radius 1 is 1.19 bits per heavy atom. The van der Waals surface area contributed by atoms with E-state index in [1.165, 1.54) is 4.90 Å². The van der Waals surface area contributed by atoms with E-state index in [0.717, 1.165) is 16.7 Å². The first-order chi connectivity index (χ1) is 12.7. The second kappa shape index (κ2) is 6.95. The molecule has 0 radical (unpaired) electrons. The first-order valence-electron chi connectivity index (χ1n) is 8.58. The van der Waals surface area contributed by atoms with Crippen LogP contribution < -0.4 is 4.90 Å². The van der Waals surface area contributed by atoms with Crippen LogP contribution in [0, 0.1) is 33.1 Å². The molecule has 0 aromatic heterocycles. The number of benzene rings is 2. The minimum atomic E-state index is -1.93. The van der Waals surface area contributed by atoms with Gasteiger partial charge in [0.25, 0.3) is 5.91 Å². The number of fused-ring (bicyclic) bond motifs is 1. The van der Waals surface area contributed by atoms with E-state index in [1.54, 1.807) is 18.2 Å². The summed E-state index contributed by atoms with van der Waals surface area (Å²) < 4.78 is 0.713. The molecule has 138 valence electrons. The van der Waals surface area contributed by atoms with Gasteiger partial charge in [0, 0.05) is 15.6 Å². The summed E-state index contributed by atoms with van der Waals surface area (Å²) in [4.78, 5) is 27.3. The maximum absolute atomic E-state index is 13.0. The molecule has 4 nitrogen and oxygen atoms in total. The quantitative estimate of drug-likeness (QED) is 0.598. The molecule has 2 aromatic rings. The van der Waals surface area contributed by atoms with E-state index in [0.29, 0.717) is 21.3 Å². The van der Waals surface area contributed by atoms with Crippen molar-refractivity contribution >= 4 is 33.3 Å². The summed E-state index contributed by atoms with van der Waals surface area (Å²) in [6.45, 7) is 5.81. The smallest absolute Gasteiger partial charge is 0.265 e. The van der Waals surface area contributed by atoms with Crippen LogP contribution in [-0.4, -0.2) is 23.3 Å². The van der Waals surface area contributed by atoms with Crippen molar-refractivity contribution in [2.24, 2.45) is 0 Å². The van der Waals surface area contributed by atoms with Crippen LogP contribution in [0.2, 0.25) is 0 Å². The Bertz CT molecular complexity index is 1010. The topological polar surface area (TPSA) is 57.6 Å². The summed E-state index contributed by atoms with van der Waals surface area (Å²) in [5.74, 6) is 1.59. The average Bonchev–Trinajstić information content (AvgIpc) is 2.80. The van der Waals surface area contributed by atoms with Gasteiger partial charge in [-0.15, -0.1) is 6.42 Å². The number of aryl methyl sites for hydroxylation is 3. The molecule has 0 saturated carbocycles. The molecule has 27 heavy (non-hydrogen) atoms. The standard InChI is InChI=1S/C22H20BrNO3/c1-5-8-24-19-7-6-16(23)11-18(19)22(27,21(24)26)12-20(25)17-10-14(3)13(2)9-15(17)4/h1,6-7,9-11,27H,8,12H2,2-4H3/t22-/m0/s1. The number of carbonyl (C=O) groups excluding carboxylic acids is 2. The van der Waals surface area contributed by atoms with Gasteiger partial charge in [0.1, 0.15) is 0 Å². The van der Waals surface area contributed by atoms with Crippen LogP contribution in [0.25, 0.3) is 0 Å². The van der Waals surface area contributed by atoms with Crippen molar-refractivity contribution < 1.29 is 14.7 Å². The zero-order valence-electron chi connectivity index (χ0n) is 15.5. The molecular formula is C22H20BrNO3.